The molecule has 0 saturated carbocycles. The summed E-state index contributed by atoms with van der Waals surface area (Å²) in [6.45, 7) is 4.56. The third kappa shape index (κ3) is 1.97. The molecule has 6 rings (SSSR count). The van der Waals surface area contributed by atoms with E-state index in [1.54, 1.807) is 18.9 Å². The van der Waals surface area contributed by atoms with Crippen LogP contribution in [0.2, 0.25) is 0 Å². The van der Waals surface area contributed by atoms with Crippen molar-refractivity contribution in [2.45, 2.75) is 36.1 Å². The first kappa shape index (κ1) is 18.0. The lowest BCUT2D eigenvalue weighted by Crippen LogP contribution is -2.73. The van der Waals surface area contributed by atoms with E-state index < -0.39 is 21.2 Å². The van der Waals surface area contributed by atoms with Gasteiger partial charge >= 0.3 is 0 Å². The van der Waals surface area contributed by atoms with Gasteiger partial charge in [-0.2, -0.15) is 5.26 Å². The number of ether oxygens (including phenoxy) is 2. The van der Waals surface area contributed by atoms with E-state index in [1.807, 2.05) is 25.1 Å². The minimum atomic E-state index is -1.06. The Morgan fingerprint density at radius 3 is 2.57 bits per heavy atom. The number of nitrogens with zero attached hydrogens (tertiary/aromatic N) is 3. The maximum Gasteiger partial charge on any atom is 0.261 e. The SMILES string of the molecule is CN1C(=O)C23C[C@](C)(C#N)C(c4ccc5c(c4)OCCO5)N2C(=O)C1(C)SS3. The molecule has 0 aromatic heterocycles. The Balaban J connectivity index is 1.69. The normalized spacial score (nSPS) is 38.4. The summed E-state index contributed by atoms with van der Waals surface area (Å²) in [6, 6.07) is 7.41. The van der Waals surface area contributed by atoms with Crippen LogP contribution in [-0.2, 0) is 9.59 Å². The average Bonchev–Trinajstić information content (AvgIpc) is 2.99. The lowest BCUT2D eigenvalue weighted by Gasteiger charge is -2.57. The number of hydrogen-bond donors (Lipinski definition) is 0. The lowest BCUT2D eigenvalue weighted by atomic mass is 9.79. The molecule has 1 spiro atoms. The molecule has 2 bridgehead atoms. The van der Waals surface area contributed by atoms with Crippen molar-refractivity contribution in [3.8, 4) is 17.6 Å². The predicted molar refractivity (Wildman–Crippen MR) is 104 cm³/mol. The number of likely N-dealkylation sites (N-methyl/N-ethyl adjacent to an activating group) is 1. The van der Waals surface area contributed by atoms with E-state index in [9.17, 15) is 14.9 Å². The van der Waals surface area contributed by atoms with Crippen molar-refractivity contribution in [1.29, 1.82) is 5.26 Å². The van der Waals surface area contributed by atoms with E-state index in [0.717, 1.165) is 5.56 Å². The molecule has 2 amide bonds. The van der Waals surface area contributed by atoms with Crippen LogP contribution in [0.4, 0.5) is 0 Å². The highest BCUT2D eigenvalue weighted by Crippen LogP contribution is 2.69. The number of amides is 2. The second-order valence-electron chi connectivity index (χ2n) is 7.98. The number of benzene rings is 1. The van der Waals surface area contributed by atoms with E-state index in [-0.39, 0.29) is 18.2 Å². The van der Waals surface area contributed by atoms with Crippen LogP contribution in [0, 0.1) is 16.7 Å². The standard InChI is InChI=1S/C19H19N3O4S2/c1-17(10-20)9-19-16(24)21(3)18(2,27-28-19)15(23)22(19)14(17)11-4-5-12-13(8-11)26-7-6-25-12/h4-5,8,14H,6-7,9H2,1-3H3/t14?,17-,18?,19?/m1/s1. The number of hydrogen-bond acceptors (Lipinski definition) is 7. The van der Waals surface area contributed by atoms with Gasteiger partial charge in [0, 0.05) is 13.5 Å². The average molecular weight is 418 g/mol. The number of piperazine rings is 1. The highest BCUT2D eigenvalue weighted by Gasteiger charge is 2.74. The maximum atomic E-state index is 13.5. The summed E-state index contributed by atoms with van der Waals surface area (Å²) in [4.78, 5) is 28.0. The van der Waals surface area contributed by atoms with Crippen LogP contribution in [0.5, 0.6) is 11.5 Å². The molecular formula is C19H19N3O4S2. The number of rotatable bonds is 1. The first-order chi connectivity index (χ1) is 13.3. The highest BCUT2D eigenvalue weighted by molar-refractivity contribution is 8.78. The zero-order valence-electron chi connectivity index (χ0n) is 15.7. The Hall–Kier alpha value is -2.05. The summed E-state index contributed by atoms with van der Waals surface area (Å²) in [6.07, 6.45) is 0.290. The van der Waals surface area contributed by atoms with Gasteiger partial charge in [0.2, 0.25) is 0 Å². The molecule has 28 heavy (non-hydrogen) atoms. The molecule has 4 saturated heterocycles. The summed E-state index contributed by atoms with van der Waals surface area (Å²) < 4.78 is 11.3. The fraction of sp³-hybridized carbons (Fsp3) is 0.526. The second-order valence-corrected chi connectivity index (χ2v) is 10.8. The van der Waals surface area contributed by atoms with Gasteiger partial charge in [-0.05, 0) is 31.5 Å². The van der Waals surface area contributed by atoms with Gasteiger partial charge in [0.25, 0.3) is 11.8 Å². The minimum Gasteiger partial charge on any atom is -0.486 e. The molecule has 5 aliphatic heterocycles. The largest absolute Gasteiger partial charge is 0.486 e. The molecule has 7 nitrogen and oxygen atoms in total. The Labute approximate surface area is 170 Å². The highest BCUT2D eigenvalue weighted by atomic mass is 33.1. The van der Waals surface area contributed by atoms with Gasteiger partial charge in [-0.25, -0.2) is 0 Å². The van der Waals surface area contributed by atoms with Crippen molar-refractivity contribution in [2.24, 2.45) is 5.41 Å². The maximum absolute atomic E-state index is 13.5. The van der Waals surface area contributed by atoms with Gasteiger partial charge < -0.3 is 19.3 Å². The monoisotopic (exact) mass is 417 g/mol. The zero-order valence-corrected chi connectivity index (χ0v) is 17.4. The Morgan fingerprint density at radius 1 is 1.14 bits per heavy atom. The first-order valence-corrected chi connectivity index (χ1v) is 11.2. The van der Waals surface area contributed by atoms with Crippen molar-refractivity contribution in [3.63, 3.8) is 0 Å². The minimum absolute atomic E-state index is 0.111. The first-order valence-electron chi connectivity index (χ1n) is 9.06. The van der Waals surface area contributed by atoms with Crippen molar-refractivity contribution in [2.75, 3.05) is 20.3 Å². The number of carbonyl (C=O) groups excluding carboxylic acids is 2. The van der Waals surface area contributed by atoms with Crippen LogP contribution in [0.15, 0.2) is 18.2 Å². The van der Waals surface area contributed by atoms with E-state index >= 15 is 0 Å². The summed E-state index contributed by atoms with van der Waals surface area (Å²) in [7, 11) is 4.50. The lowest BCUT2D eigenvalue weighted by molar-refractivity contribution is -0.164. The zero-order chi connectivity index (χ0) is 19.9. The van der Waals surface area contributed by atoms with Crippen LogP contribution in [0.25, 0.3) is 0 Å². The molecule has 1 aromatic carbocycles. The number of fused-ring (bicyclic) bond motifs is 3. The smallest absolute Gasteiger partial charge is 0.261 e. The quantitative estimate of drug-likeness (QED) is 0.650. The number of nitriles is 1. The van der Waals surface area contributed by atoms with Gasteiger partial charge in [0.05, 0.1) is 17.5 Å². The van der Waals surface area contributed by atoms with Gasteiger partial charge in [-0.15, -0.1) is 0 Å². The molecule has 0 radical (unpaired) electrons. The molecular weight excluding hydrogens is 398 g/mol. The molecule has 3 unspecified atom stereocenters. The molecule has 0 aliphatic carbocycles. The summed E-state index contributed by atoms with van der Waals surface area (Å²) >= 11 is 0. The fourth-order valence-electron chi connectivity index (χ4n) is 4.65. The van der Waals surface area contributed by atoms with Crippen LogP contribution < -0.4 is 9.47 Å². The molecule has 4 fully saturated rings. The Kier molecular flexibility index (Phi) is 3.55. The third-order valence-electron chi connectivity index (χ3n) is 6.23. The topological polar surface area (TPSA) is 82.9 Å². The van der Waals surface area contributed by atoms with E-state index in [2.05, 4.69) is 6.07 Å². The van der Waals surface area contributed by atoms with Gasteiger partial charge in [0.15, 0.2) is 21.2 Å². The predicted octanol–water partition coefficient (Wildman–Crippen LogP) is 2.54. The molecule has 1 aromatic rings. The third-order valence-corrected chi connectivity index (χ3v) is 9.93. The fourth-order valence-corrected chi connectivity index (χ4v) is 8.23. The van der Waals surface area contributed by atoms with Gasteiger partial charge in [-0.1, -0.05) is 27.7 Å². The molecule has 146 valence electrons. The summed E-state index contributed by atoms with van der Waals surface area (Å²) in [5.41, 5.74) is -0.116. The van der Waals surface area contributed by atoms with E-state index in [4.69, 9.17) is 9.47 Å². The van der Waals surface area contributed by atoms with Crippen molar-refractivity contribution in [1.82, 2.24) is 9.80 Å². The molecule has 5 heterocycles. The van der Waals surface area contributed by atoms with Crippen molar-refractivity contribution < 1.29 is 19.1 Å². The summed E-state index contributed by atoms with van der Waals surface area (Å²) in [5, 5.41) is 10.1. The molecule has 0 N–H and O–H groups in total. The van der Waals surface area contributed by atoms with Crippen LogP contribution >= 0.6 is 21.6 Å². The molecule has 4 atom stereocenters. The van der Waals surface area contributed by atoms with Crippen LogP contribution in [0.1, 0.15) is 31.9 Å². The van der Waals surface area contributed by atoms with Crippen LogP contribution in [-0.4, -0.2) is 51.6 Å². The molecule has 5 aliphatic rings. The van der Waals surface area contributed by atoms with Crippen molar-refractivity contribution in [3.05, 3.63) is 23.8 Å². The second kappa shape index (κ2) is 5.51. The van der Waals surface area contributed by atoms with Crippen LogP contribution in [0.3, 0.4) is 0 Å². The molecule has 9 heteroatoms. The Bertz CT molecular complexity index is 965. The van der Waals surface area contributed by atoms with Gasteiger partial charge in [0.1, 0.15) is 13.2 Å². The Morgan fingerprint density at radius 2 is 1.86 bits per heavy atom. The van der Waals surface area contributed by atoms with E-state index in [0.29, 0.717) is 24.7 Å². The van der Waals surface area contributed by atoms with E-state index in [1.165, 1.54) is 26.5 Å². The van der Waals surface area contributed by atoms with Crippen molar-refractivity contribution >= 4 is 33.4 Å². The number of carbonyl (C=O) groups is 2. The summed E-state index contributed by atoms with van der Waals surface area (Å²) in [5.74, 6) is 1.02. The van der Waals surface area contributed by atoms with Gasteiger partial charge in [-0.3, -0.25) is 9.59 Å².